The molecule has 0 saturated carbocycles. The van der Waals surface area contributed by atoms with Crippen LogP contribution in [0.4, 0.5) is 5.82 Å². The molecule has 4 rings (SSSR count). The third-order valence-electron chi connectivity index (χ3n) is 4.92. The van der Waals surface area contributed by atoms with Gasteiger partial charge in [0.1, 0.15) is 24.7 Å². The normalized spacial score (nSPS) is 15.0. The summed E-state index contributed by atoms with van der Waals surface area (Å²) >= 11 is 0. The summed E-state index contributed by atoms with van der Waals surface area (Å²) in [6.45, 7) is 4.89. The first-order chi connectivity index (χ1) is 15.6. The lowest BCUT2D eigenvalue weighted by Gasteiger charge is -2.26. The van der Waals surface area contributed by atoms with E-state index >= 15 is 0 Å². The number of anilines is 1. The molecule has 0 amide bonds. The lowest BCUT2D eigenvalue weighted by Crippen LogP contribution is -2.34. The van der Waals surface area contributed by atoms with Crippen molar-refractivity contribution in [3.05, 3.63) is 48.3 Å². The van der Waals surface area contributed by atoms with Crippen LogP contribution in [0.5, 0.6) is 11.5 Å². The molecule has 0 N–H and O–H groups in total. The van der Waals surface area contributed by atoms with E-state index in [1.807, 2.05) is 73.1 Å². The summed E-state index contributed by atoms with van der Waals surface area (Å²) in [5.74, 6) is 3.59. The lowest BCUT2D eigenvalue weighted by atomic mass is 10.2. The fourth-order valence-electron chi connectivity index (χ4n) is 3.30. The monoisotopic (exact) mass is 439 g/mol. The minimum atomic E-state index is -0.192. The summed E-state index contributed by atoms with van der Waals surface area (Å²) < 4.78 is 24.9. The largest absolute Gasteiger partial charge is 0.486 e. The molecule has 3 heterocycles. The van der Waals surface area contributed by atoms with E-state index in [0.717, 1.165) is 17.3 Å². The zero-order valence-electron chi connectivity index (χ0n) is 18.7. The van der Waals surface area contributed by atoms with Gasteiger partial charge in [0.25, 0.3) is 0 Å². The quantitative estimate of drug-likeness (QED) is 0.446. The highest BCUT2D eigenvalue weighted by Crippen LogP contribution is 2.31. The van der Waals surface area contributed by atoms with E-state index in [-0.39, 0.29) is 6.10 Å². The van der Waals surface area contributed by atoms with Crippen LogP contribution in [0.1, 0.15) is 12.7 Å². The van der Waals surface area contributed by atoms with Crippen molar-refractivity contribution in [2.45, 2.75) is 26.2 Å². The summed E-state index contributed by atoms with van der Waals surface area (Å²) in [4.78, 5) is 11.3. The van der Waals surface area contributed by atoms with Crippen LogP contribution >= 0.6 is 0 Å². The van der Waals surface area contributed by atoms with Crippen LogP contribution in [-0.2, 0) is 22.6 Å². The molecule has 0 saturated heterocycles. The molecule has 2 aromatic heterocycles. The van der Waals surface area contributed by atoms with Gasteiger partial charge in [-0.05, 0) is 31.2 Å². The van der Waals surface area contributed by atoms with Gasteiger partial charge in [0.2, 0.25) is 0 Å². The molecule has 0 bridgehead atoms. The van der Waals surface area contributed by atoms with Crippen molar-refractivity contribution in [3.63, 3.8) is 0 Å². The highest BCUT2D eigenvalue weighted by Gasteiger charge is 2.24. The molecule has 1 aliphatic heterocycles. The molecule has 32 heavy (non-hydrogen) atoms. The summed E-state index contributed by atoms with van der Waals surface area (Å²) in [5, 5.41) is 4.72. The molecule has 0 aliphatic carbocycles. The fourth-order valence-corrected chi connectivity index (χ4v) is 3.30. The summed E-state index contributed by atoms with van der Waals surface area (Å²) in [7, 11) is 3.90. The Labute approximate surface area is 187 Å². The Balaban J connectivity index is 1.53. The van der Waals surface area contributed by atoms with Crippen LogP contribution in [0.15, 0.2) is 42.5 Å². The second kappa shape index (κ2) is 10.4. The molecule has 9 nitrogen and oxygen atoms in total. The van der Waals surface area contributed by atoms with Crippen molar-refractivity contribution in [2.24, 2.45) is 0 Å². The maximum Gasteiger partial charge on any atom is 0.200 e. The number of hydrogen-bond acceptors (Lipinski definition) is 8. The topological polar surface area (TPSA) is 83.8 Å². The molecular weight excluding hydrogens is 410 g/mol. The zero-order chi connectivity index (χ0) is 22.3. The maximum atomic E-state index is 6.12. The average molecular weight is 440 g/mol. The van der Waals surface area contributed by atoms with E-state index in [0.29, 0.717) is 56.9 Å². The molecule has 0 radical (unpaired) electrons. The van der Waals surface area contributed by atoms with E-state index in [2.05, 4.69) is 4.98 Å². The van der Waals surface area contributed by atoms with Gasteiger partial charge in [-0.3, -0.25) is 0 Å². The average Bonchev–Trinajstić information content (AvgIpc) is 3.21. The number of hydrogen-bond donors (Lipinski definition) is 0. The third-order valence-corrected chi connectivity index (χ3v) is 4.92. The Morgan fingerprint density at radius 3 is 2.66 bits per heavy atom. The second-order valence-electron chi connectivity index (χ2n) is 7.56. The second-order valence-corrected chi connectivity index (χ2v) is 7.56. The zero-order valence-corrected chi connectivity index (χ0v) is 18.7. The van der Waals surface area contributed by atoms with Crippen molar-refractivity contribution in [1.29, 1.82) is 0 Å². The highest BCUT2D eigenvalue weighted by molar-refractivity contribution is 5.53. The summed E-state index contributed by atoms with van der Waals surface area (Å²) in [6.07, 6.45) is -0.192. The van der Waals surface area contributed by atoms with Gasteiger partial charge < -0.3 is 23.8 Å². The van der Waals surface area contributed by atoms with Gasteiger partial charge in [0.15, 0.2) is 29.3 Å². The van der Waals surface area contributed by atoms with E-state index in [1.54, 1.807) is 0 Å². The molecule has 1 atom stereocenters. The SMILES string of the molecule is CCOCCOCc1nc(-c2cccc(N(C)C)n2)nn1CC1COc2ccccc2O1. The van der Waals surface area contributed by atoms with E-state index < -0.39 is 0 Å². The molecule has 170 valence electrons. The number of fused-ring (bicyclic) bond motifs is 1. The Morgan fingerprint density at radius 2 is 1.84 bits per heavy atom. The van der Waals surface area contributed by atoms with Crippen molar-refractivity contribution < 1.29 is 18.9 Å². The minimum absolute atomic E-state index is 0.192. The van der Waals surface area contributed by atoms with Gasteiger partial charge in [-0.25, -0.2) is 14.6 Å². The summed E-state index contributed by atoms with van der Waals surface area (Å²) in [6, 6.07) is 13.5. The molecule has 1 aliphatic rings. The Kier molecular flexibility index (Phi) is 7.18. The lowest BCUT2D eigenvalue weighted by molar-refractivity contribution is 0.0386. The van der Waals surface area contributed by atoms with Crippen molar-refractivity contribution in [3.8, 4) is 23.0 Å². The highest BCUT2D eigenvalue weighted by atomic mass is 16.6. The first kappa shape index (κ1) is 22.0. The van der Waals surface area contributed by atoms with E-state index in [4.69, 9.17) is 29.0 Å². The van der Waals surface area contributed by atoms with Gasteiger partial charge in [-0.1, -0.05) is 18.2 Å². The van der Waals surface area contributed by atoms with Gasteiger partial charge in [0, 0.05) is 20.7 Å². The van der Waals surface area contributed by atoms with Crippen LogP contribution in [0.3, 0.4) is 0 Å². The molecule has 1 aromatic carbocycles. The maximum absolute atomic E-state index is 6.12. The van der Waals surface area contributed by atoms with Crippen molar-refractivity contribution >= 4 is 5.82 Å². The first-order valence-corrected chi connectivity index (χ1v) is 10.8. The first-order valence-electron chi connectivity index (χ1n) is 10.8. The predicted octanol–water partition coefficient (Wildman–Crippen LogP) is 2.80. The molecule has 0 fully saturated rings. The molecule has 3 aromatic rings. The molecule has 9 heteroatoms. The van der Waals surface area contributed by atoms with E-state index in [1.165, 1.54) is 0 Å². The molecule has 1 unspecified atom stereocenters. The van der Waals surface area contributed by atoms with Crippen LogP contribution in [0, 0.1) is 0 Å². The number of para-hydroxylation sites is 2. The third kappa shape index (κ3) is 5.35. The minimum Gasteiger partial charge on any atom is -0.486 e. The number of nitrogens with zero attached hydrogens (tertiary/aromatic N) is 5. The van der Waals surface area contributed by atoms with Crippen molar-refractivity contribution in [2.75, 3.05) is 45.4 Å². The van der Waals surface area contributed by atoms with Crippen LogP contribution in [0.25, 0.3) is 11.5 Å². The molecular formula is C23H29N5O4. The Hall–Kier alpha value is -3.17. The Morgan fingerprint density at radius 1 is 1.03 bits per heavy atom. The smallest absolute Gasteiger partial charge is 0.200 e. The van der Waals surface area contributed by atoms with Crippen LogP contribution < -0.4 is 14.4 Å². The van der Waals surface area contributed by atoms with Gasteiger partial charge in [-0.15, -0.1) is 5.10 Å². The van der Waals surface area contributed by atoms with Gasteiger partial charge >= 0.3 is 0 Å². The van der Waals surface area contributed by atoms with E-state index in [9.17, 15) is 0 Å². The molecule has 0 spiro atoms. The van der Waals surface area contributed by atoms with Gasteiger partial charge in [-0.2, -0.15) is 0 Å². The number of pyridine rings is 1. The number of benzene rings is 1. The standard InChI is InChI=1S/C23H29N5O4/c1-4-29-12-13-30-16-22-25-23(18-8-7-11-21(24-18)27(2)3)26-28(22)14-17-15-31-19-9-5-6-10-20(19)32-17/h5-11,17H,4,12-16H2,1-3H3. The van der Waals surface area contributed by atoms with Gasteiger partial charge in [0.05, 0.1) is 19.8 Å². The fraction of sp³-hybridized carbons (Fsp3) is 0.435. The predicted molar refractivity (Wildman–Crippen MR) is 120 cm³/mol. The number of rotatable bonds is 10. The number of ether oxygens (including phenoxy) is 4. The van der Waals surface area contributed by atoms with Crippen molar-refractivity contribution in [1.82, 2.24) is 19.7 Å². The Bertz CT molecular complexity index is 1020. The van der Waals surface area contributed by atoms with Crippen LogP contribution in [0.2, 0.25) is 0 Å². The van der Waals surface area contributed by atoms with Crippen LogP contribution in [-0.4, -0.2) is 66.4 Å². The number of aromatic nitrogens is 4. The summed E-state index contributed by atoms with van der Waals surface area (Å²) in [5.41, 5.74) is 0.705.